The van der Waals surface area contributed by atoms with Gasteiger partial charge in [0.15, 0.2) is 0 Å². The maximum atomic E-state index is 12.9. The number of anilines is 1. The smallest absolute Gasteiger partial charge is 0.368 e. The molecule has 0 radical (unpaired) electrons. The number of rotatable bonds is 4. The van der Waals surface area contributed by atoms with E-state index in [0.717, 1.165) is 11.8 Å². The lowest BCUT2D eigenvalue weighted by molar-refractivity contribution is -0.137. The molecule has 1 fully saturated rings. The SMILES string of the molecule is CSCc1ccc(C(=O)N2CCN(c3cccc(C(F)(F)F)c3)CC2)cc1. The fraction of sp³-hybridized carbons (Fsp3) is 0.350. The Hall–Kier alpha value is -2.15. The summed E-state index contributed by atoms with van der Waals surface area (Å²) in [5.41, 5.74) is 1.71. The van der Waals surface area contributed by atoms with Crippen LogP contribution in [-0.2, 0) is 11.9 Å². The average Bonchev–Trinajstić information content (AvgIpc) is 2.68. The standard InChI is InChI=1S/C20H21F3N2OS/c1-27-14-15-5-7-16(8-6-15)19(26)25-11-9-24(10-12-25)18-4-2-3-17(13-18)20(21,22)23/h2-8,13H,9-12,14H2,1H3. The van der Waals surface area contributed by atoms with E-state index >= 15 is 0 Å². The number of piperazine rings is 1. The molecule has 0 unspecified atom stereocenters. The zero-order chi connectivity index (χ0) is 19.4. The number of benzene rings is 2. The Bertz CT molecular complexity index is 785. The van der Waals surface area contributed by atoms with Crippen molar-refractivity contribution in [1.29, 1.82) is 0 Å². The van der Waals surface area contributed by atoms with E-state index in [1.54, 1.807) is 22.7 Å². The Balaban J connectivity index is 1.62. The predicted octanol–water partition coefficient (Wildman–Crippen LogP) is 4.53. The molecule has 2 aromatic rings. The largest absolute Gasteiger partial charge is 0.416 e. The van der Waals surface area contributed by atoms with Gasteiger partial charge in [0, 0.05) is 43.2 Å². The molecule has 0 bridgehead atoms. The molecular formula is C20H21F3N2OS. The Kier molecular flexibility index (Phi) is 5.99. The minimum Gasteiger partial charge on any atom is -0.368 e. The van der Waals surface area contributed by atoms with Crippen molar-refractivity contribution in [2.75, 3.05) is 37.3 Å². The van der Waals surface area contributed by atoms with Crippen LogP contribution < -0.4 is 4.90 Å². The predicted molar refractivity (Wildman–Crippen MR) is 103 cm³/mol. The lowest BCUT2D eigenvalue weighted by Crippen LogP contribution is -2.48. The molecule has 1 amide bonds. The number of nitrogens with zero attached hydrogens (tertiary/aromatic N) is 2. The van der Waals surface area contributed by atoms with E-state index in [2.05, 4.69) is 0 Å². The van der Waals surface area contributed by atoms with Crippen LogP contribution in [0.25, 0.3) is 0 Å². The van der Waals surface area contributed by atoms with Gasteiger partial charge in [-0.05, 0) is 42.2 Å². The molecule has 1 aliphatic heterocycles. The number of halogens is 3. The summed E-state index contributed by atoms with van der Waals surface area (Å²) >= 11 is 1.73. The number of thioether (sulfide) groups is 1. The molecule has 3 nitrogen and oxygen atoms in total. The second-order valence-corrected chi connectivity index (χ2v) is 7.32. The van der Waals surface area contributed by atoms with E-state index in [1.807, 2.05) is 35.4 Å². The van der Waals surface area contributed by atoms with Crippen molar-refractivity contribution in [2.45, 2.75) is 11.9 Å². The quantitative estimate of drug-likeness (QED) is 0.761. The van der Waals surface area contributed by atoms with Gasteiger partial charge in [-0.2, -0.15) is 24.9 Å². The summed E-state index contributed by atoms with van der Waals surface area (Å²) in [7, 11) is 0. The minimum absolute atomic E-state index is 0.0330. The van der Waals surface area contributed by atoms with Gasteiger partial charge >= 0.3 is 6.18 Å². The summed E-state index contributed by atoms with van der Waals surface area (Å²) in [6, 6.07) is 12.9. The minimum atomic E-state index is -4.35. The first-order valence-electron chi connectivity index (χ1n) is 8.68. The van der Waals surface area contributed by atoms with Crippen LogP contribution >= 0.6 is 11.8 Å². The van der Waals surface area contributed by atoms with Crippen LogP contribution in [0, 0.1) is 0 Å². The van der Waals surface area contributed by atoms with E-state index in [1.165, 1.54) is 17.7 Å². The van der Waals surface area contributed by atoms with E-state index in [0.29, 0.717) is 37.4 Å². The van der Waals surface area contributed by atoms with Crippen LogP contribution in [0.2, 0.25) is 0 Å². The summed E-state index contributed by atoms with van der Waals surface area (Å²) in [6.45, 7) is 2.00. The van der Waals surface area contributed by atoms with Gasteiger partial charge in [-0.15, -0.1) is 0 Å². The normalized spacial score (nSPS) is 15.1. The topological polar surface area (TPSA) is 23.6 Å². The van der Waals surface area contributed by atoms with E-state index < -0.39 is 11.7 Å². The fourth-order valence-electron chi connectivity index (χ4n) is 3.14. The van der Waals surface area contributed by atoms with Crippen LogP contribution in [0.1, 0.15) is 21.5 Å². The van der Waals surface area contributed by atoms with Crippen LogP contribution in [0.4, 0.5) is 18.9 Å². The summed E-state index contributed by atoms with van der Waals surface area (Å²) in [6.07, 6.45) is -2.32. The third-order valence-electron chi connectivity index (χ3n) is 4.62. The molecule has 0 atom stereocenters. The molecule has 0 aliphatic carbocycles. The first-order chi connectivity index (χ1) is 12.9. The molecule has 1 aliphatic rings. The molecule has 7 heteroatoms. The van der Waals surface area contributed by atoms with Crippen LogP contribution in [0.3, 0.4) is 0 Å². The number of hydrogen-bond donors (Lipinski definition) is 0. The molecule has 1 heterocycles. The van der Waals surface area contributed by atoms with E-state index in [-0.39, 0.29) is 5.91 Å². The molecule has 2 aromatic carbocycles. The maximum absolute atomic E-state index is 12.9. The third kappa shape index (κ3) is 4.77. The summed E-state index contributed by atoms with van der Waals surface area (Å²) in [4.78, 5) is 16.3. The molecule has 0 aromatic heterocycles. The Labute approximate surface area is 161 Å². The first kappa shape index (κ1) is 19.6. The summed E-state index contributed by atoms with van der Waals surface area (Å²) < 4.78 is 38.7. The molecule has 1 saturated heterocycles. The monoisotopic (exact) mass is 394 g/mol. The van der Waals surface area contributed by atoms with Gasteiger partial charge in [-0.1, -0.05) is 18.2 Å². The molecule has 0 saturated carbocycles. The molecule has 0 spiro atoms. The zero-order valence-corrected chi connectivity index (χ0v) is 15.8. The number of carbonyl (C=O) groups excluding carboxylic acids is 1. The van der Waals surface area contributed by atoms with Gasteiger partial charge < -0.3 is 9.80 Å². The highest BCUT2D eigenvalue weighted by Crippen LogP contribution is 2.32. The van der Waals surface area contributed by atoms with Crippen LogP contribution in [0.5, 0.6) is 0 Å². The highest BCUT2D eigenvalue weighted by molar-refractivity contribution is 7.97. The molecule has 3 rings (SSSR count). The van der Waals surface area contributed by atoms with Gasteiger partial charge in [-0.3, -0.25) is 4.79 Å². The van der Waals surface area contributed by atoms with Gasteiger partial charge in [0.1, 0.15) is 0 Å². The lowest BCUT2D eigenvalue weighted by atomic mass is 10.1. The van der Waals surface area contributed by atoms with Crippen LogP contribution in [0.15, 0.2) is 48.5 Å². The Morgan fingerprint density at radius 1 is 1.04 bits per heavy atom. The molecule has 144 valence electrons. The second-order valence-electron chi connectivity index (χ2n) is 6.46. The number of carbonyl (C=O) groups is 1. The average molecular weight is 394 g/mol. The van der Waals surface area contributed by atoms with Gasteiger partial charge in [0.25, 0.3) is 5.91 Å². The first-order valence-corrected chi connectivity index (χ1v) is 10.1. The van der Waals surface area contributed by atoms with E-state index in [9.17, 15) is 18.0 Å². The van der Waals surface area contributed by atoms with Gasteiger partial charge in [-0.25, -0.2) is 0 Å². The van der Waals surface area contributed by atoms with Crippen molar-refractivity contribution < 1.29 is 18.0 Å². The Morgan fingerprint density at radius 2 is 1.70 bits per heavy atom. The molecular weight excluding hydrogens is 373 g/mol. The Morgan fingerprint density at radius 3 is 2.30 bits per heavy atom. The summed E-state index contributed by atoms with van der Waals surface area (Å²) in [5, 5.41) is 0. The summed E-state index contributed by atoms with van der Waals surface area (Å²) in [5.74, 6) is 0.874. The number of amides is 1. The van der Waals surface area contributed by atoms with Crippen molar-refractivity contribution in [3.8, 4) is 0 Å². The zero-order valence-electron chi connectivity index (χ0n) is 15.0. The van der Waals surface area contributed by atoms with Crippen molar-refractivity contribution >= 4 is 23.4 Å². The van der Waals surface area contributed by atoms with E-state index in [4.69, 9.17) is 0 Å². The van der Waals surface area contributed by atoms with Crippen LogP contribution in [-0.4, -0.2) is 43.2 Å². The van der Waals surface area contributed by atoms with Crippen molar-refractivity contribution in [2.24, 2.45) is 0 Å². The lowest BCUT2D eigenvalue weighted by Gasteiger charge is -2.36. The van der Waals surface area contributed by atoms with Crippen molar-refractivity contribution in [3.05, 3.63) is 65.2 Å². The second kappa shape index (κ2) is 8.25. The van der Waals surface area contributed by atoms with Gasteiger partial charge in [0.05, 0.1) is 5.56 Å². The van der Waals surface area contributed by atoms with Crippen molar-refractivity contribution in [1.82, 2.24) is 4.90 Å². The number of alkyl halides is 3. The maximum Gasteiger partial charge on any atom is 0.416 e. The fourth-order valence-corrected chi connectivity index (χ4v) is 3.67. The molecule has 27 heavy (non-hydrogen) atoms. The van der Waals surface area contributed by atoms with Crippen molar-refractivity contribution in [3.63, 3.8) is 0 Å². The number of hydrogen-bond acceptors (Lipinski definition) is 3. The third-order valence-corrected chi connectivity index (χ3v) is 5.24. The highest BCUT2D eigenvalue weighted by Gasteiger charge is 2.31. The van der Waals surface area contributed by atoms with Gasteiger partial charge in [0.2, 0.25) is 0 Å². The molecule has 0 N–H and O–H groups in total. The highest BCUT2D eigenvalue weighted by atomic mass is 32.2.